The summed E-state index contributed by atoms with van der Waals surface area (Å²) in [6.45, 7) is 0. The van der Waals surface area contributed by atoms with E-state index >= 15 is 0 Å². The Labute approximate surface area is 379 Å². The smallest absolute Gasteiger partial charge is 0.238 e. The van der Waals surface area contributed by atoms with Gasteiger partial charge in [-0.3, -0.25) is 4.57 Å². The second kappa shape index (κ2) is 14.3. The highest BCUT2D eigenvalue weighted by molar-refractivity contribution is 6.27. The average molecular weight is 840 g/mol. The molecule has 0 atom stereocenters. The molecule has 11 aromatic carbocycles. The molecule has 0 saturated heterocycles. The molecule has 0 saturated carbocycles. The predicted octanol–water partition coefficient (Wildman–Crippen LogP) is 15.6. The summed E-state index contributed by atoms with van der Waals surface area (Å²) in [7, 11) is 0. The van der Waals surface area contributed by atoms with Gasteiger partial charge in [-0.05, 0) is 103 Å². The Kier molecular flexibility index (Phi) is 7.91. The van der Waals surface area contributed by atoms with Gasteiger partial charge in [0.2, 0.25) is 5.95 Å². The summed E-state index contributed by atoms with van der Waals surface area (Å²) >= 11 is 0. The van der Waals surface area contributed by atoms with Crippen molar-refractivity contribution in [2.75, 3.05) is 0 Å². The van der Waals surface area contributed by atoms with Gasteiger partial charge in [0.25, 0.3) is 0 Å². The van der Waals surface area contributed by atoms with E-state index in [1.165, 1.54) is 54.1 Å². The first-order valence-electron chi connectivity index (χ1n) is 22.4. The Hall–Kier alpha value is -8.93. The van der Waals surface area contributed by atoms with Gasteiger partial charge in [0.05, 0.1) is 22.1 Å². The van der Waals surface area contributed by atoms with Crippen molar-refractivity contribution in [1.29, 1.82) is 0 Å². The molecule has 0 aliphatic rings. The molecule has 14 aromatic rings. The third-order valence-electron chi connectivity index (χ3n) is 13.5. The maximum Gasteiger partial charge on any atom is 0.238 e. The van der Waals surface area contributed by atoms with Crippen molar-refractivity contribution in [3.63, 3.8) is 0 Å². The van der Waals surface area contributed by atoms with E-state index in [0.29, 0.717) is 17.6 Å². The van der Waals surface area contributed by atoms with E-state index < -0.39 is 0 Å². The maximum atomic E-state index is 5.37. The molecule has 5 heteroatoms. The van der Waals surface area contributed by atoms with Crippen molar-refractivity contribution in [3.8, 4) is 67.8 Å². The van der Waals surface area contributed by atoms with Crippen LogP contribution < -0.4 is 0 Å². The topological polar surface area (TPSA) is 48.5 Å². The Morgan fingerprint density at radius 3 is 1.14 bits per heavy atom. The van der Waals surface area contributed by atoms with Crippen LogP contribution in [-0.4, -0.2) is 24.1 Å². The third kappa shape index (κ3) is 5.63. The van der Waals surface area contributed by atoms with Crippen molar-refractivity contribution in [1.82, 2.24) is 24.1 Å². The maximum absolute atomic E-state index is 5.37. The third-order valence-corrected chi connectivity index (χ3v) is 13.5. The molecule has 0 aliphatic heterocycles. The lowest BCUT2D eigenvalue weighted by Gasteiger charge is -2.13. The molecule has 0 radical (unpaired) electrons. The van der Waals surface area contributed by atoms with Gasteiger partial charge in [0.1, 0.15) is 0 Å². The van der Waals surface area contributed by atoms with Crippen LogP contribution in [0.15, 0.2) is 224 Å². The average Bonchev–Trinajstić information content (AvgIpc) is 3.92. The van der Waals surface area contributed by atoms with Gasteiger partial charge in [-0.25, -0.2) is 4.98 Å². The summed E-state index contributed by atoms with van der Waals surface area (Å²) in [5, 5.41) is 9.80. The highest BCUT2D eigenvalue weighted by Crippen LogP contribution is 2.44. The lowest BCUT2D eigenvalue weighted by molar-refractivity contribution is 0.954. The quantitative estimate of drug-likeness (QED) is 0.150. The van der Waals surface area contributed by atoms with Crippen LogP contribution >= 0.6 is 0 Å². The van der Waals surface area contributed by atoms with E-state index in [2.05, 4.69) is 221 Å². The zero-order chi connectivity index (χ0) is 43.3. The fraction of sp³-hybridized carbons (Fsp3) is 0. The molecule has 0 aliphatic carbocycles. The minimum Gasteiger partial charge on any atom is -0.309 e. The van der Waals surface area contributed by atoms with Gasteiger partial charge in [0.15, 0.2) is 11.6 Å². The molecule has 0 amide bonds. The van der Waals surface area contributed by atoms with Crippen molar-refractivity contribution < 1.29 is 0 Å². The molecule has 0 fully saturated rings. The van der Waals surface area contributed by atoms with Crippen molar-refractivity contribution >= 4 is 65.2 Å². The van der Waals surface area contributed by atoms with E-state index in [1.54, 1.807) is 0 Å². The molecule has 0 N–H and O–H groups in total. The Balaban J connectivity index is 1.00. The van der Waals surface area contributed by atoms with E-state index in [1.807, 2.05) is 12.1 Å². The Morgan fingerprint density at radius 1 is 0.242 bits per heavy atom. The fourth-order valence-electron chi connectivity index (χ4n) is 10.4. The number of aromatic nitrogens is 5. The molecule has 3 aromatic heterocycles. The van der Waals surface area contributed by atoms with Gasteiger partial charge in [-0.2, -0.15) is 9.97 Å². The number of para-hydroxylation sites is 1. The summed E-state index contributed by atoms with van der Waals surface area (Å²) in [5.41, 5.74) is 14.4. The van der Waals surface area contributed by atoms with Crippen LogP contribution in [0.1, 0.15) is 0 Å². The second-order valence-electron chi connectivity index (χ2n) is 17.2. The summed E-state index contributed by atoms with van der Waals surface area (Å²) in [6.07, 6.45) is 0. The van der Waals surface area contributed by atoms with Gasteiger partial charge < -0.3 is 4.57 Å². The predicted molar refractivity (Wildman–Crippen MR) is 273 cm³/mol. The lowest BCUT2D eigenvalue weighted by atomic mass is 9.94. The minimum absolute atomic E-state index is 0.571. The number of hydrogen-bond acceptors (Lipinski definition) is 3. The Bertz CT molecular complexity index is 4010. The van der Waals surface area contributed by atoms with Gasteiger partial charge in [0, 0.05) is 38.4 Å². The van der Waals surface area contributed by atoms with E-state index in [9.17, 15) is 0 Å². The number of hydrogen-bond donors (Lipinski definition) is 0. The molecule has 0 bridgehead atoms. The van der Waals surface area contributed by atoms with Crippen molar-refractivity contribution in [2.45, 2.75) is 0 Å². The van der Waals surface area contributed by atoms with Crippen LogP contribution in [0.3, 0.4) is 0 Å². The van der Waals surface area contributed by atoms with Gasteiger partial charge in [-0.1, -0.05) is 176 Å². The Morgan fingerprint density at radius 2 is 0.636 bits per heavy atom. The molecule has 14 rings (SSSR count). The van der Waals surface area contributed by atoms with E-state index in [0.717, 1.165) is 61.2 Å². The van der Waals surface area contributed by atoms with Gasteiger partial charge in [-0.15, -0.1) is 0 Å². The zero-order valence-corrected chi connectivity index (χ0v) is 35.6. The molecular formula is C61H37N5. The van der Waals surface area contributed by atoms with Crippen molar-refractivity contribution in [3.05, 3.63) is 224 Å². The number of benzene rings is 11. The summed E-state index contributed by atoms with van der Waals surface area (Å²) < 4.78 is 4.68. The molecule has 0 spiro atoms. The molecule has 0 unspecified atom stereocenters. The first kappa shape index (κ1) is 36.5. The summed E-state index contributed by atoms with van der Waals surface area (Å²) in [6, 6.07) is 80.4. The fourth-order valence-corrected chi connectivity index (χ4v) is 10.4. The zero-order valence-electron chi connectivity index (χ0n) is 35.6. The van der Waals surface area contributed by atoms with Crippen molar-refractivity contribution in [2.24, 2.45) is 0 Å². The summed E-state index contributed by atoms with van der Waals surface area (Å²) in [5.74, 6) is 1.80. The summed E-state index contributed by atoms with van der Waals surface area (Å²) in [4.78, 5) is 16.0. The number of rotatable bonds is 7. The standard InChI is InChI=1S/C61H37N5/c1-4-12-38(13-5-1)40-22-28-44(29-23-40)59-62-60(45-30-24-41(25-31-45)39-14-6-2-7-15-39)64-61(63-59)66-52-21-11-17-43-27-33-47-35-49(37-54(66)58(47)56(43)52)48-34-46-32-26-42-16-10-20-51-55(42)57(46)53(36-48)65(51)50-18-8-3-9-19-50/h1-37H. The number of nitrogens with zero attached hydrogens (tertiary/aromatic N) is 5. The minimum atomic E-state index is 0.571. The van der Waals surface area contributed by atoms with Crippen LogP contribution in [0, 0.1) is 0 Å². The van der Waals surface area contributed by atoms with Crippen LogP contribution in [0.2, 0.25) is 0 Å². The van der Waals surface area contributed by atoms with E-state index in [4.69, 9.17) is 15.0 Å². The normalized spacial score (nSPS) is 11.9. The largest absolute Gasteiger partial charge is 0.309 e. The lowest BCUT2D eigenvalue weighted by Crippen LogP contribution is -2.06. The monoisotopic (exact) mass is 839 g/mol. The molecule has 5 nitrogen and oxygen atoms in total. The van der Waals surface area contributed by atoms with E-state index in [-0.39, 0.29) is 0 Å². The van der Waals surface area contributed by atoms with Crippen LogP contribution in [0.4, 0.5) is 0 Å². The second-order valence-corrected chi connectivity index (χ2v) is 17.2. The highest BCUT2D eigenvalue weighted by Gasteiger charge is 2.23. The van der Waals surface area contributed by atoms with Crippen LogP contribution in [-0.2, 0) is 0 Å². The molecular weight excluding hydrogens is 803 g/mol. The first-order chi connectivity index (χ1) is 32.7. The van der Waals surface area contributed by atoms with Crippen LogP contribution in [0.5, 0.6) is 0 Å². The first-order valence-corrected chi connectivity index (χ1v) is 22.4. The van der Waals surface area contributed by atoms with Gasteiger partial charge >= 0.3 is 0 Å². The molecule has 66 heavy (non-hydrogen) atoms. The molecule has 3 heterocycles. The highest BCUT2D eigenvalue weighted by atomic mass is 15.2. The van der Waals surface area contributed by atoms with Crippen LogP contribution in [0.25, 0.3) is 133 Å². The SMILES string of the molecule is c1ccc(-c2ccc(-c3nc(-c4ccc(-c5ccccc5)cc4)nc(-n4c5cccc6ccc7cc(-c8cc9ccc%10cccc%11c%10c9c(c8)n%11-c8ccccc8)cc4c7c65)n3)cc2)cc1. The molecule has 306 valence electrons.